The minimum absolute atomic E-state index is 0.377. The molecule has 2 aromatic rings. The first-order valence-electron chi connectivity index (χ1n) is 7.86. The van der Waals surface area contributed by atoms with Gasteiger partial charge in [0.25, 0.3) is 0 Å². The molecule has 0 spiro atoms. The topological polar surface area (TPSA) is 6.48 Å². The van der Waals surface area contributed by atoms with Gasteiger partial charge in [0.2, 0.25) is 0 Å². The number of halogens is 1. The second-order valence-corrected chi connectivity index (χ2v) is 6.11. The van der Waals surface area contributed by atoms with Crippen molar-refractivity contribution in [3.63, 3.8) is 0 Å². The maximum Gasteiger partial charge on any atom is 0.0539 e. The summed E-state index contributed by atoms with van der Waals surface area (Å²) in [5.74, 6) is 0. The van der Waals surface area contributed by atoms with Gasteiger partial charge in [0.05, 0.1) is 6.04 Å². The molecule has 1 unspecified atom stereocenters. The summed E-state index contributed by atoms with van der Waals surface area (Å²) in [6.45, 7) is 5.41. The Hall–Kier alpha value is -1.67. The van der Waals surface area contributed by atoms with E-state index >= 15 is 0 Å². The molecule has 0 heterocycles. The molecule has 0 aliphatic heterocycles. The van der Waals surface area contributed by atoms with Crippen molar-refractivity contribution in [3.8, 4) is 0 Å². The van der Waals surface area contributed by atoms with E-state index in [-0.39, 0.29) is 0 Å². The monoisotopic (exact) mass is 316 g/mol. The van der Waals surface area contributed by atoms with Crippen molar-refractivity contribution in [2.75, 3.05) is 30.4 Å². The fraction of sp³-hybridized carbons (Fsp3) is 0.368. The average Bonchev–Trinajstić information content (AvgIpc) is 2.53. The highest BCUT2D eigenvalue weighted by Gasteiger charge is 2.18. The van der Waals surface area contributed by atoms with E-state index in [0.717, 1.165) is 18.0 Å². The lowest BCUT2D eigenvalue weighted by atomic mass is 10.0. The van der Waals surface area contributed by atoms with Gasteiger partial charge in [-0.25, -0.2) is 0 Å². The van der Waals surface area contributed by atoms with Crippen LogP contribution < -0.4 is 9.80 Å². The van der Waals surface area contributed by atoms with E-state index in [9.17, 15) is 0 Å². The molecule has 0 saturated carbocycles. The summed E-state index contributed by atoms with van der Waals surface area (Å²) in [6, 6.07) is 17.3. The van der Waals surface area contributed by atoms with Crippen LogP contribution in [-0.2, 0) is 0 Å². The summed E-state index contributed by atoms with van der Waals surface area (Å²) in [5.41, 5.74) is 3.80. The van der Waals surface area contributed by atoms with Crippen LogP contribution in [0.2, 0.25) is 5.02 Å². The summed E-state index contributed by atoms with van der Waals surface area (Å²) < 4.78 is 0. The van der Waals surface area contributed by atoms with E-state index in [1.165, 1.54) is 16.9 Å². The van der Waals surface area contributed by atoms with Crippen molar-refractivity contribution in [2.24, 2.45) is 0 Å². The van der Waals surface area contributed by atoms with Gasteiger partial charge in [-0.05, 0) is 55.3 Å². The zero-order valence-corrected chi connectivity index (χ0v) is 14.6. The number of hydrogen-bond acceptors (Lipinski definition) is 2. The minimum Gasteiger partial charge on any atom is -0.378 e. The van der Waals surface area contributed by atoms with Gasteiger partial charge in [-0.15, -0.1) is 0 Å². The van der Waals surface area contributed by atoms with Gasteiger partial charge in [-0.2, -0.15) is 0 Å². The van der Waals surface area contributed by atoms with Gasteiger partial charge in [-0.1, -0.05) is 30.7 Å². The second kappa shape index (κ2) is 7.55. The molecule has 3 heteroatoms. The zero-order chi connectivity index (χ0) is 16.1. The second-order valence-electron chi connectivity index (χ2n) is 5.67. The van der Waals surface area contributed by atoms with Crippen LogP contribution in [0, 0.1) is 0 Å². The van der Waals surface area contributed by atoms with E-state index in [2.05, 4.69) is 74.1 Å². The van der Waals surface area contributed by atoms with Crippen LogP contribution in [0.15, 0.2) is 48.5 Å². The molecule has 0 aliphatic carbocycles. The third-order valence-corrected chi connectivity index (χ3v) is 4.31. The Morgan fingerprint density at radius 2 is 1.41 bits per heavy atom. The van der Waals surface area contributed by atoms with Gasteiger partial charge in [-0.3, -0.25) is 0 Å². The average molecular weight is 317 g/mol. The molecular weight excluding hydrogens is 292 g/mol. The van der Waals surface area contributed by atoms with Crippen LogP contribution in [0.3, 0.4) is 0 Å². The van der Waals surface area contributed by atoms with Crippen LogP contribution in [0.5, 0.6) is 0 Å². The Kier molecular flexibility index (Phi) is 5.73. The molecule has 1 atom stereocenters. The number of benzene rings is 2. The highest BCUT2D eigenvalue weighted by Crippen LogP contribution is 2.31. The van der Waals surface area contributed by atoms with Gasteiger partial charge < -0.3 is 9.80 Å². The van der Waals surface area contributed by atoms with Crippen molar-refractivity contribution in [2.45, 2.75) is 26.3 Å². The molecule has 2 aromatic carbocycles. The van der Waals surface area contributed by atoms with Crippen LogP contribution >= 0.6 is 11.6 Å². The Balaban J connectivity index is 2.29. The lowest BCUT2D eigenvalue weighted by Gasteiger charge is -2.33. The van der Waals surface area contributed by atoms with Crippen molar-refractivity contribution >= 4 is 23.0 Å². The largest absolute Gasteiger partial charge is 0.378 e. The number of anilines is 2. The molecule has 22 heavy (non-hydrogen) atoms. The Bertz CT molecular complexity index is 575. The fourth-order valence-electron chi connectivity index (χ4n) is 2.85. The Morgan fingerprint density at radius 3 is 1.86 bits per heavy atom. The molecule has 118 valence electrons. The first kappa shape index (κ1) is 16.7. The summed E-state index contributed by atoms with van der Waals surface area (Å²) in [7, 11) is 4.14. The highest BCUT2D eigenvalue weighted by molar-refractivity contribution is 6.30. The lowest BCUT2D eigenvalue weighted by molar-refractivity contribution is 0.615. The summed E-state index contributed by atoms with van der Waals surface area (Å²) >= 11 is 6.01. The number of hydrogen-bond donors (Lipinski definition) is 0. The quantitative estimate of drug-likeness (QED) is 0.705. The molecule has 2 nitrogen and oxygen atoms in total. The van der Waals surface area contributed by atoms with E-state index in [0.29, 0.717) is 6.04 Å². The van der Waals surface area contributed by atoms with Crippen molar-refractivity contribution in [1.82, 2.24) is 0 Å². The third kappa shape index (κ3) is 3.75. The lowest BCUT2D eigenvalue weighted by Crippen LogP contribution is -2.28. The predicted molar refractivity (Wildman–Crippen MR) is 98.3 cm³/mol. The fourth-order valence-corrected chi connectivity index (χ4v) is 2.97. The number of nitrogens with zero attached hydrogens (tertiary/aromatic N) is 2. The normalized spacial score (nSPS) is 12.0. The highest BCUT2D eigenvalue weighted by atomic mass is 35.5. The first-order valence-corrected chi connectivity index (χ1v) is 8.24. The molecule has 2 rings (SSSR count). The van der Waals surface area contributed by atoms with E-state index < -0.39 is 0 Å². The summed E-state index contributed by atoms with van der Waals surface area (Å²) in [5, 5.41) is 0.781. The molecule has 0 aromatic heterocycles. The zero-order valence-electron chi connectivity index (χ0n) is 13.9. The molecular formula is C19H25ClN2. The molecule has 0 amide bonds. The SMILES string of the molecule is CCC(c1ccc(N(C)C)cc1)N(CC)c1ccc(Cl)cc1. The molecule has 0 N–H and O–H groups in total. The maximum absolute atomic E-state index is 6.01. The summed E-state index contributed by atoms with van der Waals surface area (Å²) in [4.78, 5) is 4.56. The van der Waals surface area contributed by atoms with Crippen molar-refractivity contribution < 1.29 is 0 Å². The standard InChI is InChI=1S/C19H25ClN2/c1-5-19(15-7-11-17(12-8-15)21(3)4)22(6-2)18-13-9-16(20)10-14-18/h7-14,19H,5-6H2,1-4H3. The number of rotatable bonds is 6. The smallest absolute Gasteiger partial charge is 0.0539 e. The maximum atomic E-state index is 6.01. The van der Waals surface area contributed by atoms with Gasteiger partial charge >= 0.3 is 0 Å². The molecule has 0 bridgehead atoms. The van der Waals surface area contributed by atoms with Crippen LogP contribution in [0.1, 0.15) is 31.9 Å². The molecule has 0 saturated heterocycles. The molecule has 0 radical (unpaired) electrons. The van der Waals surface area contributed by atoms with E-state index in [1.54, 1.807) is 0 Å². The van der Waals surface area contributed by atoms with Gasteiger partial charge in [0, 0.05) is 37.0 Å². The Morgan fingerprint density at radius 1 is 0.864 bits per heavy atom. The predicted octanol–water partition coefficient (Wildman–Crippen LogP) is 5.38. The van der Waals surface area contributed by atoms with Gasteiger partial charge in [0.15, 0.2) is 0 Å². The first-order chi connectivity index (χ1) is 10.6. The summed E-state index contributed by atoms with van der Waals surface area (Å²) in [6.07, 6.45) is 1.07. The van der Waals surface area contributed by atoms with Crippen molar-refractivity contribution in [3.05, 3.63) is 59.1 Å². The molecule has 0 aliphatic rings. The van der Waals surface area contributed by atoms with E-state index in [4.69, 9.17) is 11.6 Å². The van der Waals surface area contributed by atoms with Crippen LogP contribution in [-0.4, -0.2) is 20.6 Å². The van der Waals surface area contributed by atoms with Crippen molar-refractivity contribution in [1.29, 1.82) is 0 Å². The van der Waals surface area contributed by atoms with Gasteiger partial charge in [0.1, 0.15) is 0 Å². The van der Waals surface area contributed by atoms with E-state index in [1.807, 2.05) is 12.1 Å². The molecule has 0 fully saturated rings. The minimum atomic E-state index is 0.377. The van der Waals surface area contributed by atoms with Crippen LogP contribution in [0.4, 0.5) is 11.4 Å². The Labute approximate surface area is 139 Å². The van der Waals surface area contributed by atoms with Crippen LogP contribution in [0.25, 0.3) is 0 Å². The third-order valence-electron chi connectivity index (χ3n) is 4.06.